The molecule has 1 heterocycles. The molecule has 1 fully saturated rings. The predicted molar refractivity (Wildman–Crippen MR) is 67.3 cm³/mol. The molecular formula is C14H18N2. The minimum atomic E-state index is 0.595. The van der Waals surface area contributed by atoms with Crippen molar-refractivity contribution < 1.29 is 0 Å². The Balaban J connectivity index is 1.64. The summed E-state index contributed by atoms with van der Waals surface area (Å²) in [5.74, 6) is 0. The van der Waals surface area contributed by atoms with Crippen LogP contribution in [-0.2, 0) is 6.54 Å². The van der Waals surface area contributed by atoms with Gasteiger partial charge in [-0.1, -0.05) is 13.0 Å². The Labute approximate surface area is 96.1 Å². The van der Waals surface area contributed by atoms with Gasteiger partial charge < -0.3 is 10.3 Å². The third-order valence-electron chi connectivity index (χ3n) is 3.60. The molecule has 0 bridgehead atoms. The van der Waals surface area contributed by atoms with Crippen molar-refractivity contribution >= 4 is 10.9 Å². The number of H-pyrrole nitrogens is 1. The van der Waals surface area contributed by atoms with Gasteiger partial charge in [-0.2, -0.15) is 0 Å². The van der Waals surface area contributed by atoms with Crippen LogP contribution in [0.25, 0.3) is 10.9 Å². The molecule has 3 rings (SSSR count). The maximum absolute atomic E-state index is 3.55. The highest BCUT2D eigenvalue weighted by atomic mass is 14.9. The number of hydrogen-bond acceptors (Lipinski definition) is 1. The van der Waals surface area contributed by atoms with Crippen molar-refractivity contribution in [2.45, 2.75) is 26.3 Å². The van der Waals surface area contributed by atoms with Crippen molar-refractivity contribution in [1.29, 1.82) is 0 Å². The van der Waals surface area contributed by atoms with Gasteiger partial charge in [0.15, 0.2) is 0 Å². The van der Waals surface area contributed by atoms with Gasteiger partial charge >= 0.3 is 0 Å². The zero-order chi connectivity index (χ0) is 11.0. The van der Waals surface area contributed by atoms with Crippen molar-refractivity contribution in [2.24, 2.45) is 5.41 Å². The molecule has 1 aliphatic carbocycles. The van der Waals surface area contributed by atoms with Gasteiger partial charge in [-0.25, -0.2) is 0 Å². The first-order valence-corrected chi connectivity index (χ1v) is 6.02. The van der Waals surface area contributed by atoms with Crippen LogP contribution in [0.3, 0.4) is 0 Å². The van der Waals surface area contributed by atoms with E-state index < -0.39 is 0 Å². The van der Waals surface area contributed by atoms with E-state index >= 15 is 0 Å². The Hall–Kier alpha value is -1.28. The fourth-order valence-electron chi connectivity index (χ4n) is 2.11. The van der Waals surface area contributed by atoms with Gasteiger partial charge in [-0.3, -0.25) is 0 Å². The Morgan fingerprint density at radius 2 is 2.19 bits per heavy atom. The number of aromatic amines is 1. The van der Waals surface area contributed by atoms with Crippen LogP contribution in [0.5, 0.6) is 0 Å². The van der Waals surface area contributed by atoms with E-state index in [0.717, 1.165) is 13.1 Å². The molecule has 0 atom stereocenters. The van der Waals surface area contributed by atoms with Gasteiger partial charge in [-0.05, 0) is 47.4 Å². The monoisotopic (exact) mass is 214 g/mol. The van der Waals surface area contributed by atoms with E-state index in [-0.39, 0.29) is 0 Å². The molecule has 0 aliphatic heterocycles. The summed E-state index contributed by atoms with van der Waals surface area (Å²) in [6, 6.07) is 8.74. The van der Waals surface area contributed by atoms with Crippen LogP contribution in [0.15, 0.2) is 30.5 Å². The summed E-state index contributed by atoms with van der Waals surface area (Å²) in [6.45, 7) is 4.49. The fourth-order valence-corrected chi connectivity index (χ4v) is 2.11. The van der Waals surface area contributed by atoms with Gasteiger partial charge in [0.1, 0.15) is 0 Å². The molecule has 0 radical (unpaired) electrons. The van der Waals surface area contributed by atoms with Crippen LogP contribution in [0.2, 0.25) is 0 Å². The third-order valence-corrected chi connectivity index (χ3v) is 3.60. The van der Waals surface area contributed by atoms with Crippen molar-refractivity contribution in [2.75, 3.05) is 6.54 Å². The van der Waals surface area contributed by atoms with Gasteiger partial charge in [0.25, 0.3) is 0 Å². The quantitative estimate of drug-likeness (QED) is 0.804. The molecule has 0 amide bonds. The zero-order valence-electron chi connectivity index (χ0n) is 9.72. The second-order valence-electron chi connectivity index (χ2n) is 5.31. The molecule has 2 nitrogen and oxygen atoms in total. The smallest absolute Gasteiger partial charge is 0.0454 e. The first kappa shape index (κ1) is 9.91. The first-order valence-electron chi connectivity index (χ1n) is 6.02. The van der Waals surface area contributed by atoms with Crippen LogP contribution < -0.4 is 5.32 Å². The Morgan fingerprint density at radius 3 is 3.00 bits per heavy atom. The SMILES string of the molecule is CC1(CNCc2ccc3[nH]ccc3c2)CC1. The van der Waals surface area contributed by atoms with Gasteiger partial charge in [0, 0.05) is 24.8 Å². The number of hydrogen-bond donors (Lipinski definition) is 2. The van der Waals surface area contributed by atoms with Gasteiger partial charge in [-0.15, -0.1) is 0 Å². The van der Waals surface area contributed by atoms with E-state index in [2.05, 4.69) is 41.5 Å². The zero-order valence-corrected chi connectivity index (χ0v) is 9.72. The van der Waals surface area contributed by atoms with Crippen LogP contribution in [-0.4, -0.2) is 11.5 Å². The number of rotatable bonds is 4. The minimum absolute atomic E-state index is 0.595. The summed E-state index contributed by atoms with van der Waals surface area (Å²) in [4.78, 5) is 3.22. The molecule has 2 aromatic rings. The number of fused-ring (bicyclic) bond motifs is 1. The average molecular weight is 214 g/mol. The molecule has 1 aromatic heterocycles. The fraction of sp³-hybridized carbons (Fsp3) is 0.429. The maximum Gasteiger partial charge on any atom is 0.0454 e. The van der Waals surface area contributed by atoms with Gasteiger partial charge in [0.05, 0.1) is 0 Å². The number of nitrogens with one attached hydrogen (secondary N) is 2. The molecular weight excluding hydrogens is 196 g/mol. The lowest BCUT2D eigenvalue weighted by Crippen LogP contribution is -2.21. The summed E-state index contributed by atoms with van der Waals surface area (Å²) in [5, 5.41) is 4.85. The lowest BCUT2D eigenvalue weighted by molar-refractivity contribution is 0.499. The minimum Gasteiger partial charge on any atom is -0.361 e. The van der Waals surface area contributed by atoms with Crippen molar-refractivity contribution in [3.63, 3.8) is 0 Å². The summed E-state index contributed by atoms with van der Waals surface area (Å²) in [5.41, 5.74) is 3.19. The topological polar surface area (TPSA) is 27.8 Å². The Kier molecular flexibility index (Phi) is 2.25. The highest BCUT2D eigenvalue weighted by Gasteiger charge is 2.36. The van der Waals surface area contributed by atoms with Crippen molar-refractivity contribution in [3.8, 4) is 0 Å². The number of benzene rings is 1. The predicted octanol–water partition coefficient (Wildman–Crippen LogP) is 3.06. The lowest BCUT2D eigenvalue weighted by atomic mass is 10.1. The normalized spacial score (nSPS) is 17.8. The van der Waals surface area contributed by atoms with E-state index in [1.54, 1.807) is 0 Å². The Morgan fingerprint density at radius 1 is 1.31 bits per heavy atom. The van der Waals surface area contributed by atoms with E-state index in [4.69, 9.17) is 0 Å². The molecule has 1 aromatic carbocycles. The molecule has 0 unspecified atom stereocenters. The largest absolute Gasteiger partial charge is 0.361 e. The first-order chi connectivity index (χ1) is 7.75. The lowest BCUT2D eigenvalue weighted by Gasteiger charge is -2.09. The van der Waals surface area contributed by atoms with E-state index in [1.807, 2.05) is 6.20 Å². The Bertz CT molecular complexity index is 494. The van der Waals surface area contributed by atoms with E-state index in [0.29, 0.717) is 5.41 Å². The summed E-state index contributed by atoms with van der Waals surface area (Å²) < 4.78 is 0. The molecule has 16 heavy (non-hydrogen) atoms. The van der Waals surface area contributed by atoms with Crippen LogP contribution in [0, 0.1) is 5.41 Å². The third kappa shape index (κ3) is 1.98. The molecule has 1 aliphatic rings. The van der Waals surface area contributed by atoms with Crippen LogP contribution in [0.1, 0.15) is 25.3 Å². The molecule has 84 valence electrons. The standard InChI is InChI=1S/C14H18N2/c1-14(5-6-14)10-15-9-11-2-3-13-12(8-11)4-7-16-13/h2-4,7-8,15-16H,5-6,9-10H2,1H3. The molecule has 0 saturated heterocycles. The van der Waals surface area contributed by atoms with Crippen LogP contribution in [0.4, 0.5) is 0 Å². The van der Waals surface area contributed by atoms with E-state index in [9.17, 15) is 0 Å². The molecule has 1 saturated carbocycles. The second kappa shape index (κ2) is 3.63. The second-order valence-corrected chi connectivity index (χ2v) is 5.31. The molecule has 2 heteroatoms. The average Bonchev–Trinajstić information content (AvgIpc) is 2.84. The number of aromatic nitrogens is 1. The highest BCUT2D eigenvalue weighted by molar-refractivity contribution is 5.79. The maximum atomic E-state index is 3.55. The van der Waals surface area contributed by atoms with Crippen molar-refractivity contribution in [1.82, 2.24) is 10.3 Å². The molecule has 2 N–H and O–H groups in total. The highest BCUT2D eigenvalue weighted by Crippen LogP contribution is 2.44. The summed E-state index contributed by atoms with van der Waals surface area (Å²) in [6.07, 6.45) is 4.76. The van der Waals surface area contributed by atoms with Crippen LogP contribution >= 0.6 is 0 Å². The van der Waals surface area contributed by atoms with Gasteiger partial charge in [0.2, 0.25) is 0 Å². The summed E-state index contributed by atoms with van der Waals surface area (Å²) in [7, 11) is 0. The summed E-state index contributed by atoms with van der Waals surface area (Å²) >= 11 is 0. The molecule has 0 spiro atoms. The van der Waals surface area contributed by atoms with E-state index in [1.165, 1.54) is 29.3 Å². The van der Waals surface area contributed by atoms with Crippen molar-refractivity contribution in [3.05, 3.63) is 36.0 Å².